The van der Waals surface area contributed by atoms with Gasteiger partial charge in [-0.25, -0.2) is 0 Å². The van der Waals surface area contributed by atoms with Crippen molar-refractivity contribution >= 4 is 0 Å². The largest absolute Gasteiger partial charge is 0.476 e. The Morgan fingerprint density at radius 1 is 0.947 bits per heavy atom. The van der Waals surface area contributed by atoms with Crippen molar-refractivity contribution in [3.05, 3.63) is 16.8 Å². The number of aromatic nitrogens is 2. The molecule has 0 bridgehead atoms. The van der Waals surface area contributed by atoms with E-state index in [-0.39, 0.29) is 0 Å². The predicted molar refractivity (Wildman–Crippen MR) is 78.3 cm³/mol. The fraction of sp³-hybridized carbons (Fsp3) is 0.733. The zero-order chi connectivity index (χ0) is 14.1. The molecule has 1 aromatic heterocycles. The molecule has 0 spiro atoms. The third kappa shape index (κ3) is 4.46. The molecule has 1 aromatic rings. The van der Waals surface area contributed by atoms with E-state index in [0.29, 0.717) is 19.0 Å². The Labute approximate surface area is 116 Å². The van der Waals surface area contributed by atoms with E-state index in [2.05, 4.69) is 31.0 Å². The first-order valence-corrected chi connectivity index (χ1v) is 7.48. The summed E-state index contributed by atoms with van der Waals surface area (Å²) in [4.78, 5) is 0. The number of hydrogen-bond acceptors (Lipinski definition) is 4. The monoisotopic (exact) mass is 265 g/mol. The third-order valence-electron chi connectivity index (χ3n) is 3.36. The average Bonchev–Trinajstić information content (AvgIpc) is 2.45. The van der Waals surface area contributed by atoms with E-state index in [1.165, 1.54) is 24.8 Å². The van der Waals surface area contributed by atoms with Gasteiger partial charge in [-0.3, -0.25) is 0 Å². The lowest BCUT2D eigenvalue weighted by Crippen LogP contribution is -2.12. The number of nitrogens with zero attached hydrogens (tertiary/aromatic N) is 2. The van der Waals surface area contributed by atoms with Crippen molar-refractivity contribution in [3.8, 4) is 5.88 Å². The predicted octanol–water partition coefficient (Wildman–Crippen LogP) is 3.02. The van der Waals surface area contributed by atoms with Gasteiger partial charge in [0.2, 0.25) is 5.88 Å². The molecule has 0 fully saturated rings. The highest BCUT2D eigenvalue weighted by atomic mass is 16.5. The third-order valence-corrected chi connectivity index (χ3v) is 3.36. The highest BCUT2D eigenvalue weighted by Crippen LogP contribution is 2.22. The number of aryl methyl sites for hydroxylation is 1. The zero-order valence-electron chi connectivity index (χ0n) is 12.5. The first-order valence-electron chi connectivity index (χ1n) is 7.48. The summed E-state index contributed by atoms with van der Waals surface area (Å²) in [6.07, 6.45) is 6.58. The van der Waals surface area contributed by atoms with E-state index in [1.807, 2.05) is 0 Å². The molecule has 1 rings (SSSR count). The molecule has 0 saturated carbocycles. The van der Waals surface area contributed by atoms with Gasteiger partial charge >= 0.3 is 0 Å². The van der Waals surface area contributed by atoms with Crippen LogP contribution in [0, 0.1) is 0 Å². The summed E-state index contributed by atoms with van der Waals surface area (Å²) in [6, 6.07) is 0. The van der Waals surface area contributed by atoms with Gasteiger partial charge in [-0.15, -0.1) is 5.10 Å². The van der Waals surface area contributed by atoms with Gasteiger partial charge in [0.1, 0.15) is 0 Å². The van der Waals surface area contributed by atoms with Crippen LogP contribution < -0.4 is 10.5 Å². The summed E-state index contributed by atoms with van der Waals surface area (Å²) in [5, 5.41) is 8.46. The Bertz CT molecular complexity index is 380. The molecule has 0 saturated heterocycles. The fourth-order valence-corrected chi connectivity index (χ4v) is 2.26. The molecule has 19 heavy (non-hydrogen) atoms. The standard InChI is InChI=1S/C15H27N3O/c1-4-7-8-9-10-19-15-13(11-16)12(5-2)14(6-3)17-18-15/h4-11,16H2,1-3H3. The molecule has 0 aliphatic carbocycles. The summed E-state index contributed by atoms with van der Waals surface area (Å²) in [6.45, 7) is 7.59. The second-order valence-electron chi connectivity index (χ2n) is 4.73. The molecule has 108 valence electrons. The van der Waals surface area contributed by atoms with Crippen molar-refractivity contribution in [1.29, 1.82) is 0 Å². The molecule has 2 N–H and O–H groups in total. The van der Waals surface area contributed by atoms with E-state index in [0.717, 1.165) is 30.5 Å². The normalized spacial score (nSPS) is 10.7. The minimum Gasteiger partial charge on any atom is -0.476 e. The summed E-state index contributed by atoms with van der Waals surface area (Å²) in [5.74, 6) is 0.632. The summed E-state index contributed by atoms with van der Waals surface area (Å²) >= 11 is 0. The lowest BCUT2D eigenvalue weighted by atomic mass is 10.0. The van der Waals surface area contributed by atoms with Crippen molar-refractivity contribution in [1.82, 2.24) is 10.2 Å². The minimum absolute atomic E-state index is 0.468. The molecular weight excluding hydrogens is 238 g/mol. The van der Waals surface area contributed by atoms with Gasteiger partial charge in [0.05, 0.1) is 12.3 Å². The molecule has 1 heterocycles. The molecule has 4 heteroatoms. The first-order chi connectivity index (χ1) is 9.28. The molecule has 0 unspecified atom stereocenters. The molecular formula is C15H27N3O. The van der Waals surface area contributed by atoms with Crippen LogP contribution in [0.5, 0.6) is 5.88 Å². The number of rotatable bonds is 9. The summed E-state index contributed by atoms with van der Waals surface area (Å²) < 4.78 is 5.76. The number of ether oxygens (including phenoxy) is 1. The van der Waals surface area contributed by atoms with Crippen LogP contribution in [0.4, 0.5) is 0 Å². The molecule has 0 aliphatic heterocycles. The Morgan fingerprint density at radius 2 is 1.74 bits per heavy atom. The van der Waals surface area contributed by atoms with E-state index in [4.69, 9.17) is 10.5 Å². The van der Waals surface area contributed by atoms with E-state index < -0.39 is 0 Å². The van der Waals surface area contributed by atoms with E-state index in [9.17, 15) is 0 Å². The second kappa shape index (κ2) is 8.86. The molecule has 4 nitrogen and oxygen atoms in total. The Kier molecular flexibility index (Phi) is 7.41. The van der Waals surface area contributed by atoms with Crippen LogP contribution in [-0.2, 0) is 19.4 Å². The number of nitrogens with two attached hydrogens (primary N) is 1. The van der Waals surface area contributed by atoms with Crippen LogP contribution in [0.3, 0.4) is 0 Å². The van der Waals surface area contributed by atoms with Crippen molar-refractivity contribution in [2.75, 3.05) is 6.61 Å². The van der Waals surface area contributed by atoms with Gasteiger partial charge in [-0.1, -0.05) is 40.0 Å². The smallest absolute Gasteiger partial charge is 0.238 e. The van der Waals surface area contributed by atoms with Gasteiger partial charge in [0.25, 0.3) is 0 Å². The van der Waals surface area contributed by atoms with E-state index >= 15 is 0 Å². The Morgan fingerprint density at radius 3 is 2.32 bits per heavy atom. The van der Waals surface area contributed by atoms with Gasteiger partial charge < -0.3 is 10.5 Å². The van der Waals surface area contributed by atoms with Crippen molar-refractivity contribution in [3.63, 3.8) is 0 Å². The number of hydrogen-bond donors (Lipinski definition) is 1. The molecule has 0 amide bonds. The van der Waals surface area contributed by atoms with Crippen molar-refractivity contribution in [2.45, 2.75) is 65.8 Å². The first kappa shape index (κ1) is 15.9. The SMILES string of the molecule is CCCCCCOc1nnc(CC)c(CC)c1CN. The van der Waals surface area contributed by atoms with Crippen LogP contribution in [0.2, 0.25) is 0 Å². The second-order valence-corrected chi connectivity index (χ2v) is 4.73. The van der Waals surface area contributed by atoms with Gasteiger partial charge in [0, 0.05) is 12.1 Å². The molecule has 0 aromatic carbocycles. The number of unbranched alkanes of at least 4 members (excludes halogenated alkanes) is 3. The lowest BCUT2D eigenvalue weighted by Gasteiger charge is -2.14. The fourth-order valence-electron chi connectivity index (χ4n) is 2.26. The zero-order valence-corrected chi connectivity index (χ0v) is 12.5. The maximum absolute atomic E-state index is 5.85. The molecule has 0 radical (unpaired) electrons. The van der Waals surface area contributed by atoms with Gasteiger partial charge in [0.15, 0.2) is 0 Å². The summed E-state index contributed by atoms with van der Waals surface area (Å²) in [5.41, 5.74) is 9.14. The van der Waals surface area contributed by atoms with Gasteiger partial charge in [-0.2, -0.15) is 5.10 Å². The average molecular weight is 265 g/mol. The quantitative estimate of drug-likeness (QED) is 0.697. The van der Waals surface area contributed by atoms with Crippen LogP contribution in [-0.4, -0.2) is 16.8 Å². The van der Waals surface area contributed by atoms with E-state index in [1.54, 1.807) is 0 Å². The van der Waals surface area contributed by atoms with Crippen LogP contribution >= 0.6 is 0 Å². The maximum Gasteiger partial charge on any atom is 0.238 e. The molecule has 0 aliphatic rings. The Hall–Kier alpha value is -1.16. The van der Waals surface area contributed by atoms with Gasteiger partial charge in [-0.05, 0) is 24.8 Å². The van der Waals surface area contributed by atoms with Crippen LogP contribution in [0.1, 0.15) is 63.3 Å². The van der Waals surface area contributed by atoms with Crippen molar-refractivity contribution < 1.29 is 4.74 Å². The highest BCUT2D eigenvalue weighted by Gasteiger charge is 2.14. The van der Waals surface area contributed by atoms with Crippen LogP contribution in [0.15, 0.2) is 0 Å². The highest BCUT2D eigenvalue weighted by molar-refractivity contribution is 5.36. The van der Waals surface area contributed by atoms with Crippen molar-refractivity contribution in [2.24, 2.45) is 5.73 Å². The minimum atomic E-state index is 0.468. The lowest BCUT2D eigenvalue weighted by molar-refractivity contribution is 0.286. The van der Waals surface area contributed by atoms with Crippen LogP contribution in [0.25, 0.3) is 0 Å². The summed E-state index contributed by atoms with van der Waals surface area (Å²) in [7, 11) is 0. The topological polar surface area (TPSA) is 61.0 Å². The molecule has 0 atom stereocenters. The maximum atomic E-state index is 5.85. The Balaban J connectivity index is 2.72.